The predicted molar refractivity (Wildman–Crippen MR) is 233 cm³/mol. The van der Waals surface area contributed by atoms with Gasteiger partial charge in [-0.3, -0.25) is 13.8 Å². The maximum Gasteiger partial charge on any atom is 0.472 e. The van der Waals surface area contributed by atoms with Crippen molar-refractivity contribution in [2.75, 3.05) is 54.1 Å². The van der Waals surface area contributed by atoms with E-state index in [1.54, 1.807) is 0 Å². The second-order valence-corrected chi connectivity index (χ2v) is 16.8. The molecule has 9 heteroatoms. The maximum absolute atomic E-state index is 12.7. The molecule has 0 spiro atoms. The Morgan fingerprint density at radius 2 is 1.05 bits per heavy atom. The zero-order valence-corrected chi connectivity index (χ0v) is 36.8. The van der Waals surface area contributed by atoms with Crippen LogP contribution in [0, 0.1) is 0 Å². The molecular formula is C46H83NO7P+. The highest BCUT2D eigenvalue weighted by Gasteiger charge is 2.26. The largest absolute Gasteiger partial charge is 0.472 e. The quantitative estimate of drug-likeness (QED) is 0.0218. The van der Waals surface area contributed by atoms with Crippen LogP contribution in [0.4, 0.5) is 0 Å². The molecule has 0 aromatic rings. The summed E-state index contributed by atoms with van der Waals surface area (Å²) in [5.41, 5.74) is 0. The number of esters is 1. The minimum absolute atomic E-state index is 0.0796. The normalized spacial score (nSPS) is 14.5. The number of hydrogen-bond donors (Lipinski definition) is 1. The molecule has 0 saturated heterocycles. The molecule has 0 fully saturated rings. The van der Waals surface area contributed by atoms with Crippen molar-refractivity contribution in [1.82, 2.24) is 0 Å². The zero-order chi connectivity index (χ0) is 40.6. The van der Waals surface area contributed by atoms with E-state index in [-0.39, 0.29) is 25.8 Å². The third-order valence-electron chi connectivity index (χ3n) is 8.73. The number of carbonyl (C=O) groups is 1. The van der Waals surface area contributed by atoms with Crippen molar-refractivity contribution in [2.24, 2.45) is 0 Å². The van der Waals surface area contributed by atoms with Crippen molar-refractivity contribution in [3.05, 3.63) is 72.9 Å². The minimum atomic E-state index is -4.28. The van der Waals surface area contributed by atoms with Crippen molar-refractivity contribution >= 4 is 13.8 Å². The van der Waals surface area contributed by atoms with Gasteiger partial charge in [0.15, 0.2) is 0 Å². The van der Waals surface area contributed by atoms with Crippen LogP contribution in [0.5, 0.6) is 0 Å². The Morgan fingerprint density at radius 1 is 0.582 bits per heavy atom. The number of phosphoric acid groups is 1. The van der Waals surface area contributed by atoms with Crippen molar-refractivity contribution in [3.63, 3.8) is 0 Å². The van der Waals surface area contributed by atoms with Crippen LogP contribution in [-0.2, 0) is 27.9 Å². The molecule has 55 heavy (non-hydrogen) atoms. The second-order valence-electron chi connectivity index (χ2n) is 15.3. The van der Waals surface area contributed by atoms with Crippen LogP contribution in [0.3, 0.4) is 0 Å². The molecule has 0 amide bonds. The Labute approximate surface area is 338 Å². The first-order chi connectivity index (χ1) is 26.6. The number of quaternary nitrogens is 1. The monoisotopic (exact) mass is 793 g/mol. The van der Waals surface area contributed by atoms with Gasteiger partial charge in [0.05, 0.1) is 34.4 Å². The van der Waals surface area contributed by atoms with Gasteiger partial charge >= 0.3 is 13.8 Å². The molecule has 0 aliphatic carbocycles. The fraction of sp³-hybridized carbons (Fsp3) is 0.717. The first-order valence-electron chi connectivity index (χ1n) is 21.7. The van der Waals surface area contributed by atoms with Gasteiger partial charge in [0.25, 0.3) is 0 Å². The van der Waals surface area contributed by atoms with Gasteiger partial charge in [0.2, 0.25) is 0 Å². The number of phosphoric ester groups is 1. The molecule has 0 saturated carbocycles. The Bertz CT molecular complexity index is 1110. The van der Waals surface area contributed by atoms with E-state index in [0.717, 1.165) is 96.3 Å². The number of carbonyl (C=O) groups excluding carboxylic acids is 1. The fourth-order valence-electron chi connectivity index (χ4n) is 5.40. The van der Waals surface area contributed by atoms with Gasteiger partial charge in [-0.15, -0.1) is 0 Å². The van der Waals surface area contributed by atoms with Crippen LogP contribution in [0.2, 0.25) is 0 Å². The Morgan fingerprint density at radius 3 is 1.58 bits per heavy atom. The number of nitrogens with zero attached hydrogens (tertiary/aromatic N) is 1. The zero-order valence-electron chi connectivity index (χ0n) is 35.9. The number of ether oxygens (including phenoxy) is 2. The van der Waals surface area contributed by atoms with Gasteiger partial charge in [0.1, 0.15) is 19.3 Å². The molecule has 318 valence electrons. The van der Waals surface area contributed by atoms with Crippen LogP contribution in [0.25, 0.3) is 0 Å². The van der Waals surface area contributed by atoms with Crippen LogP contribution in [-0.4, -0.2) is 75.6 Å². The average Bonchev–Trinajstić information content (AvgIpc) is 3.13. The van der Waals surface area contributed by atoms with Crippen LogP contribution in [0.1, 0.15) is 155 Å². The van der Waals surface area contributed by atoms with Crippen molar-refractivity contribution in [1.29, 1.82) is 0 Å². The van der Waals surface area contributed by atoms with E-state index < -0.39 is 13.9 Å². The molecule has 0 aliphatic heterocycles. The van der Waals surface area contributed by atoms with Crippen LogP contribution < -0.4 is 0 Å². The summed E-state index contributed by atoms with van der Waals surface area (Å²) >= 11 is 0. The lowest BCUT2D eigenvalue weighted by atomic mass is 10.1. The second kappa shape index (κ2) is 38.8. The molecule has 0 aliphatic rings. The lowest BCUT2D eigenvalue weighted by Crippen LogP contribution is -2.37. The molecule has 2 unspecified atom stereocenters. The van der Waals surface area contributed by atoms with Crippen molar-refractivity contribution in [2.45, 2.75) is 161 Å². The fourth-order valence-corrected chi connectivity index (χ4v) is 6.14. The number of hydrogen-bond acceptors (Lipinski definition) is 6. The topological polar surface area (TPSA) is 91.3 Å². The highest BCUT2D eigenvalue weighted by atomic mass is 31.2. The van der Waals surface area contributed by atoms with Crippen LogP contribution >= 0.6 is 7.82 Å². The molecule has 8 nitrogen and oxygen atoms in total. The molecule has 2 atom stereocenters. The van der Waals surface area contributed by atoms with Crippen LogP contribution in [0.15, 0.2) is 72.9 Å². The molecule has 0 aromatic carbocycles. The van der Waals surface area contributed by atoms with Crippen molar-refractivity contribution in [3.8, 4) is 0 Å². The molecule has 0 radical (unpaired) electrons. The maximum atomic E-state index is 12.7. The Balaban J connectivity index is 4.27. The molecular weight excluding hydrogens is 709 g/mol. The molecule has 1 N–H and O–H groups in total. The number of unbranched alkanes of at least 4 members (excludes halogenated alkanes) is 13. The smallest absolute Gasteiger partial charge is 0.457 e. The minimum Gasteiger partial charge on any atom is -0.457 e. The van der Waals surface area contributed by atoms with Gasteiger partial charge in [-0.2, -0.15) is 0 Å². The lowest BCUT2D eigenvalue weighted by molar-refractivity contribution is -0.870. The summed E-state index contributed by atoms with van der Waals surface area (Å²) < 4.78 is 34.9. The van der Waals surface area contributed by atoms with E-state index in [4.69, 9.17) is 18.5 Å². The summed E-state index contributed by atoms with van der Waals surface area (Å²) in [6, 6.07) is 0. The van der Waals surface area contributed by atoms with E-state index in [1.165, 1.54) is 38.5 Å². The first kappa shape index (κ1) is 52.9. The standard InChI is InChI=1S/C46H82NO7P/c1-6-8-10-12-14-16-18-20-21-22-23-24-25-26-28-30-32-34-36-38-41-51-43-45(44-53-55(49,50)52-42-40-47(3,4)5)54-46(48)39-37-35-33-31-29-27-19-17-15-13-11-9-7-2/h8,10-11,13-14,16-17,19-21,23-24,45H,6-7,9,12,15,18,22,25-44H2,1-5H3/p+1/b10-8-,13-11-,16-14-,19-17-,21-20-,24-23-. The summed E-state index contributed by atoms with van der Waals surface area (Å²) in [5.74, 6) is -0.336. The van der Waals surface area contributed by atoms with Gasteiger partial charge in [-0.25, -0.2) is 4.57 Å². The third kappa shape index (κ3) is 42.9. The highest BCUT2D eigenvalue weighted by Crippen LogP contribution is 2.43. The summed E-state index contributed by atoms with van der Waals surface area (Å²) in [4.78, 5) is 22.9. The Hall–Kier alpha value is -2.06. The van der Waals surface area contributed by atoms with E-state index in [0.29, 0.717) is 24.1 Å². The van der Waals surface area contributed by atoms with Gasteiger partial charge in [-0.1, -0.05) is 145 Å². The van der Waals surface area contributed by atoms with E-state index in [1.807, 2.05) is 21.1 Å². The lowest BCUT2D eigenvalue weighted by Gasteiger charge is -2.24. The van der Waals surface area contributed by atoms with E-state index >= 15 is 0 Å². The SMILES string of the molecule is CC/C=C\C/C=C\C/C=C\C/C=C\CCCCCCCCCOCC(COP(=O)(O)OCC[N+](C)(C)C)OC(=O)CCCCCCC/C=C\C/C=C\CCC. The third-order valence-corrected chi connectivity index (χ3v) is 9.72. The summed E-state index contributed by atoms with van der Waals surface area (Å²) in [7, 11) is 1.64. The summed E-state index contributed by atoms with van der Waals surface area (Å²) in [5, 5.41) is 0. The Kier molecular flexibility index (Phi) is 37.3. The first-order valence-corrected chi connectivity index (χ1v) is 23.2. The van der Waals surface area contributed by atoms with Gasteiger partial charge in [-0.05, 0) is 77.0 Å². The molecule has 0 heterocycles. The van der Waals surface area contributed by atoms with Crippen molar-refractivity contribution < 1.29 is 37.3 Å². The van der Waals surface area contributed by atoms with E-state index in [9.17, 15) is 14.3 Å². The van der Waals surface area contributed by atoms with Gasteiger partial charge < -0.3 is 18.9 Å². The number of likely N-dealkylation sites (N-methyl/N-ethyl adjacent to an activating group) is 1. The average molecular weight is 793 g/mol. The molecule has 0 rings (SSSR count). The highest BCUT2D eigenvalue weighted by molar-refractivity contribution is 7.47. The molecule has 0 bridgehead atoms. The summed E-state index contributed by atoms with van der Waals surface area (Å²) in [6.07, 6.45) is 49.3. The van der Waals surface area contributed by atoms with Gasteiger partial charge in [0, 0.05) is 13.0 Å². The van der Waals surface area contributed by atoms with E-state index in [2.05, 4.69) is 86.8 Å². The molecule has 0 aromatic heterocycles. The number of rotatable bonds is 39. The predicted octanol–water partition coefficient (Wildman–Crippen LogP) is 12.7. The summed E-state index contributed by atoms with van der Waals surface area (Å²) in [6.45, 7) is 5.38. The number of allylic oxidation sites excluding steroid dienone is 12.